The van der Waals surface area contributed by atoms with E-state index >= 15 is 0 Å². The third kappa shape index (κ3) is 3.31. The molecular weight excluding hydrogens is 381 g/mol. The summed E-state index contributed by atoms with van der Waals surface area (Å²) >= 11 is 0. The number of halogens is 3. The molecule has 29 heavy (non-hydrogen) atoms. The molecule has 7 N–H and O–H groups in total. The molecular formula is C20H17F3N6. The Morgan fingerprint density at radius 2 is 1.86 bits per heavy atom. The van der Waals surface area contributed by atoms with Gasteiger partial charge in [-0.1, -0.05) is 18.2 Å². The number of nitrogens with two attached hydrogens (primary N) is 2. The highest BCUT2D eigenvalue weighted by atomic mass is 19.4. The van der Waals surface area contributed by atoms with E-state index in [1.807, 2.05) is 0 Å². The predicted octanol–water partition coefficient (Wildman–Crippen LogP) is 4.52. The molecule has 0 saturated carbocycles. The second-order valence-corrected chi connectivity index (χ2v) is 6.60. The summed E-state index contributed by atoms with van der Waals surface area (Å²) in [7, 11) is 0. The average Bonchev–Trinajstić information content (AvgIpc) is 3.05. The molecule has 0 unspecified atom stereocenters. The Balaban J connectivity index is 1.94. The minimum Gasteiger partial charge on any atom is -0.398 e. The number of nitrogen functional groups attached to an aromatic ring is 2. The number of anilines is 3. The number of fused-ring (bicyclic) bond motifs is 3. The number of H-pyrrole nitrogens is 1. The zero-order chi connectivity index (χ0) is 20.8. The van der Waals surface area contributed by atoms with Crippen LogP contribution >= 0.6 is 0 Å². The number of para-hydroxylation sites is 1. The summed E-state index contributed by atoms with van der Waals surface area (Å²) in [6.45, 7) is -1.16. The van der Waals surface area contributed by atoms with E-state index in [0.717, 1.165) is 6.21 Å². The lowest BCUT2D eigenvalue weighted by molar-refractivity contribution is -0.115. The molecule has 6 nitrogen and oxygen atoms in total. The van der Waals surface area contributed by atoms with E-state index < -0.39 is 12.7 Å². The quantitative estimate of drug-likeness (QED) is 0.257. The topological polar surface area (TPSA) is 117 Å². The van der Waals surface area contributed by atoms with Crippen LogP contribution in [0.2, 0.25) is 0 Å². The van der Waals surface area contributed by atoms with E-state index in [0.29, 0.717) is 55.8 Å². The van der Waals surface area contributed by atoms with Gasteiger partial charge in [-0.05, 0) is 24.3 Å². The predicted molar refractivity (Wildman–Crippen MR) is 110 cm³/mol. The van der Waals surface area contributed by atoms with Crippen molar-refractivity contribution in [2.45, 2.75) is 6.18 Å². The van der Waals surface area contributed by atoms with Crippen LogP contribution in [0.25, 0.3) is 33.2 Å². The van der Waals surface area contributed by atoms with Gasteiger partial charge in [-0.2, -0.15) is 13.2 Å². The summed E-state index contributed by atoms with van der Waals surface area (Å²) in [4.78, 5) is 7.83. The molecule has 0 aliphatic heterocycles. The second kappa shape index (κ2) is 6.69. The smallest absolute Gasteiger partial charge is 0.398 e. The van der Waals surface area contributed by atoms with Crippen molar-refractivity contribution < 1.29 is 13.2 Å². The molecule has 0 atom stereocenters. The highest BCUT2D eigenvalue weighted by molar-refractivity contribution is 6.17. The number of pyridine rings is 1. The summed E-state index contributed by atoms with van der Waals surface area (Å²) in [5.74, 6) is 0. The number of hydrogen-bond acceptors (Lipinski definition) is 5. The van der Waals surface area contributed by atoms with Gasteiger partial charge < -0.3 is 27.2 Å². The molecule has 0 aliphatic rings. The van der Waals surface area contributed by atoms with Crippen molar-refractivity contribution in [1.82, 2.24) is 9.97 Å². The highest BCUT2D eigenvalue weighted by Crippen LogP contribution is 2.36. The fraction of sp³-hybridized carbons (Fsp3) is 0.100. The van der Waals surface area contributed by atoms with Crippen molar-refractivity contribution in [2.24, 2.45) is 0 Å². The molecule has 0 saturated heterocycles. The van der Waals surface area contributed by atoms with Gasteiger partial charge in [0.05, 0.1) is 22.4 Å². The van der Waals surface area contributed by atoms with Crippen LogP contribution < -0.4 is 16.8 Å². The van der Waals surface area contributed by atoms with Gasteiger partial charge in [0.1, 0.15) is 6.54 Å². The molecule has 2 aromatic heterocycles. The van der Waals surface area contributed by atoms with E-state index in [4.69, 9.17) is 16.9 Å². The van der Waals surface area contributed by atoms with Gasteiger partial charge in [0, 0.05) is 39.6 Å². The maximum absolute atomic E-state index is 12.7. The lowest BCUT2D eigenvalue weighted by atomic mass is 10.1. The van der Waals surface area contributed by atoms with Gasteiger partial charge in [-0.3, -0.25) is 0 Å². The standard InChI is InChI=1S/C20H17F3N6/c21-20(22,23)9-27-14-4-2-1-3-10(14)16-7-13(26)18-19(29-16)17-11(8-24)12(25)5-6-15(17)28-18/h1-8,24,27-28H,9,25H2,(H2,26,29). The molecule has 9 heteroatoms. The molecule has 0 radical (unpaired) electrons. The summed E-state index contributed by atoms with van der Waals surface area (Å²) in [6, 6.07) is 11.7. The minimum absolute atomic E-state index is 0.294. The summed E-state index contributed by atoms with van der Waals surface area (Å²) in [5, 5.41) is 10.8. The summed E-state index contributed by atoms with van der Waals surface area (Å²) < 4.78 is 38.0. The largest absolute Gasteiger partial charge is 0.405 e. The number of aromatic nitrogens is 2. The van der Waals surface area contributed by atoms with Crippen molar-refractivity contribution in [3.63, 3.8) is 0 Å². The molecule has 0 bridgehead atoms. The fourth-order valence-corrected chi connectivity index (χ4v) is 3.36. The van der Waals surface area contributed by atoms with Gasteiger partial charge >= 0.3 is 6.18 Å². The number of aromatic amines is 1. The first kappa shape index (κ1) is 18.6. The first-order chi connectivity index (χ1) is 13.8. The first-order valence-electron chi connectivity index (χ1n) is 8.69. The van der Waals surface area contributed by atoms with Crippen LogP contribution in [0.4, 0.5) is 30.2 Å². The van der Waals surface area contributed by atoms with Crippen molar-refractivity contribution in [3.8, 4) is 11.3 Å². The molecule has 4 aromatic rings. The van der Waals surface area contributed by atoms with Gasteiger partial charge in [-0.25, -0.2) is 4.98 Å². The van der Waals surface area contributed by atoms with E-state index in [-0.39, 0.29) is 0 Å². The monoisotopic (exact) mass is 398 g/mol. The van der Waals surface area contributed by atoms with Crippen molar-refractivity contribution in [2.75, 3.05) is 23.3 Å². The molecule has 148 valence electrons. The molecule has 0 fully saturated rings. The normalized spacial score (nSPS) is 11.8. The Kier molecular flexibility index (Phi) is 4.30. The third-order valence-corrected chi connectivity index (χ3v) is 4.65. The van der Waals surface area contributed by atoms with Crippen LogP contribution in [0.15, 0.2) is 42.5 Å². The van der Waals surface area contributed by atoms with Crippen molar-refractivity contribution in [1.29, 1.82) is 5.41 Å². The van der Waals surface area contributed by atoms with E-state index in [9.17, 15) is 13.2 Å². The Labute approximate surface area is 163 Å². The van der Waals surface area contributed by atoms with E-state index in [1.165, 1.54) is 0 Å². The maximum Gasteiger partial charge on any atom is 0.405 e. The van der Waals surface area contributed by atoms with Crippen LogP contribution in [0.3, 0.4) is 0 Å². The third-order valence-electron chi connectivity index (χ3n) is 4.65. The van der Waals surface area contributed by atoms with Gasteiger partial charge in [-0.15, -0.1) is 0 Å². The van der Waals surface area contributed by atoms with Crippen LogP contribution in [-0.4, -0.2) is 28.9 Å². The summed E-state index contributed by atoms with van der Waals surface area (Å²) in [5.41, 5.74) is 16.5. The van der Waals surface area contributed by atoms with E-state index in [2.05, 4.69) is 15.3 Å². The minimum atomic E-state index is -4.35. The number of nitrogens with one attached hydrogen (secondary N) is 3. The van der Waals surface area contributed by atoms with Crippen molar-refractivity contribution in [3.05, 3.63) is 48.0 Å². The lowest BCUT2D eigenvalue weighted by Gasteiger charge is -2.14. The molecule has 0 aliphatic carbocycles. The van der Waals surface area contributed by atoms with Crippen LogP contribution in [0.1, 0.15) is 5.56 Å². The van der Waals surface area contributed by atoms with Gasteiger partial charge in [0.2, 0.25) is 0 Å². The van der Waals surface area contributed by atoms with E-state index in [1.54, 1.807) is 42.5 Å². The lowest BCUT2D eigenvalue weighted by Crippen LogP contribution is -2.21. The first-order valence-corrected chi connectivity index (χ1v) is 8.69. The van der Waals surface area contributed by atoms with Gasteiger partial charge in [0.25, 0.3) is 0 Å². The number of alkyl halides is 3. The molecule has 0 amide bonds. The van der Waals surface area contributed by atoms with Crippen LogP contribution in [0.5, 0.6) is 0 Å². The molecule has 2 heterocycles. The SMILES string of the molecule is N=Cc1c(N)ccc2[nH]c3c(N)cc(-c4ccccc4NCC(F)(F)F)nc3c12. The number of benzene rings is 2. The second-order valence-electron chi connectivity index (χ2n) is 6.60. The highest BCUT2D eigenvalue weighted by Gasteiger charge is 2.27. The summed E-state index contributed by atoms with van der Waals surface area (Å²) in [6.07, 6.45) is -3.20. The van der Waals surface area contributed by atoms with Gasteiger partial charge in [0.15, 0.2) is 0 Å². The molecule has 2 aromatic carbocycles. The molecule has 0 spiro atoms. The molecule has 4 rings (SSSR count). The number of hydrogen-bond donors (Lipinski definition) is 5. The fourth-order valence-electron chi connectivity index (χ4n) is 3.36. The Bertz CT molecular complexity index is 1240. The Morgan fingerprint density at radius 3 is 2.59 bits per heavy atom. The Morgan fingerprint density at radius 1 is 1.10 bits per heavy atom. The van der Waals surface area contributed by atoms with Crippen LogP contribution in [-0.2, 0) is 0 Å². The number of rotatable bonds is 4. The van der Waals surface area contributed by atoms with Crippen LogP contribution in [0, 0.1) is 5.41 Å². The maximum atomic E-state index is 12.7. The zero-order valence-corrected chi connectivity index (χ0v) is 15.1. The Hall–Kier alpha value is -3.75. The average molecular weight is 398 g/mol. The number of nitrogens with zero attached hydrogens (tertiary/aromatic N) is 1. The zero-order valence-electron chi connectivity index (χ0n) is 15.1. The van der Waals surface area contributed by atoms with Crippen molar-refractivity contribution >= 4 is 45.2 Å².